The van der Waals surface area contributed by atoms with Gasteiger partial charge in [0.1, 0.15) is 17.3 Å². The Bertz CT molecular complexity index is 957. The Kier molecular flexibility index (Phi) is 5.98. The topological polar surface area (TPSA) is 70.1 Å². The van der Waals surface area contributed by atoms with Gasteiger partial charge < -0.3 is 19.6 Å². The standard InChI is InChI=1S/C22H23FN2O4/c1-24(2)11-12-25-19(14-7-5-4-6-8-14)18(21(27)22(25)28)20(26)16-13-15(23)9-10-17(16)29-3/h4-10,13,19,26H,11-12H2,1-3H3/b20-18+/t19-/m1/s1. The van der Waals surface area contributed by atoms with Gasteiger partial charge in [0.15, 0.2) is 0 Å². The maximum atomic E-state index is 13.9. The monoisotopic (exact) mass is 398 g/mol. The van der Waals surface area contributed by atoms with Gasteiger partial charge in [0.05, 0.1) is 24.3 Å². The van der Waals surface area contributed by atoms with Crippen LogP contribution in [0.25, 0.3) is 5.76 Å². The Hall–Kier alpha value is -3.19. The van der Waals surface area contributed by atoms with E-state index in [0.717, 1.165) is 6.07 Å². The van der Waals surface area contributed by atoms with Crippen LogP contribution < -0.4 is 4.74 Å². The highest BCUT2D eigenvalue weighted by atomic mass is 19.1. The minimum absolute atomic E-state index is 0.0269. The number of methoxy groups -OCH3 is 1. The number of hydrogen-bond acceptors (Lipinski definition) is 5. The van der Waals surface area contributed by atoms with E-state index in [0.29, 0.717) is 18.7 Å². The lowest BCUT2D eigenvalue weighted by molar-refractivity contribution is -0.140. The molecule has 2 aromatic rings. The van der Waals surface area contributed by atoms with Crippen molar-refractivity contribution >= 4 is 17.4 Å². The van der Waals surface area contributed by atoms with Crippen molar-refractivity contribution in [2.45, 2.75) is 6.04 Å². The molecule has 1 amide bonds. The number of likely N-dealkylation sites (N-methyl/N-ethyl adjacent to an activating group) is 1. The van der Waals surface area contributed by atoms with Gasteiger partial charge in [-0.3, -0.25) is 9.59 Å². The second-order valence-electron chi connectivity index (χ2n) is 7.05. The predicted molar refractivity (Wildman–Crippen MR) is 107 cm³/mol. The number of benzene rings is 2. The van der Waals surface area contributed by atoms with Crippen LogP contribution in [-0.4, -0.2) is 60.9 Å². The summed E-state index contributed by atoms with van der Waals surface area (Å²) in [6, 6.07) is 11.9. The highest BCUT2D eigenvalue weighted by Gasteiger charge is 2.46. The van der Waals surface area contributed by atoms with Gasteiger partial charge in [-0.15, -0.1) is 0 Å². The molecule has 1 heterocycles. The molecular weight excluding hydrogens is 375 g/mol. The van der Waals surface area contributed by atoms with Crippen LogP contribution in [0.2, 0.25) is 0 Å². The number of ketones is 1. The van der Waals surface area contributed by atoms with Crippen LogP contribution in [0, 0.1) is 5.82 Å². The molecule has 6 nitrogen and oxygen atoms in total. The summed E-state index contributed by atoms with van der Waals surface area (Å²) in [5, 5.41) is 11.0. The number of halogens is 1. The summed E-state index contributed by atoms with van der Waals surface area (Å²) in [5.41, 5.74) is 0.630. The molecule has 0 aliphatic carbocycles. The molecule has 1 saturated heterocycles. The predicted octanol–water partition coefficient (Wildman–Crippen LogP) is 2.82. The fourth-order valence-electron chi connectivity index (χ4n) is 3.41. The molecule has 0 bridgehead atoms. The van der Waals surface area contributed by atoms with E-state index in [-0.39, 0.29) is 16.9 Å². The summed E-state index contributed by atoms with van der Waals surface area (Å²) >= 11 is 0. The Morgan fingerprint density at radius 1 is 1.17 bits per heavy atom. The van der Waals surface area contributed by atoms with Crippen molar-refractivity contribution in [3.8, 4) is 5.75 Å². The van der Waals surface area contributed by atoms with Crippen molar-refractivity contribution in [3.63, 3.8) is 0 Å². The quantitative estimate of drug-likeness (QED) is 0.460. The molecule has 1 aliphatic rings. The number of aliphatic hydroxyl groups is 1. The van der Waals surface area contributed by atoms with Crippen molar-refractivity contribution in [2.24, 2.45) is 0 Å². The summed E-state index contributed by atoms with van der Waals surface area (Å²) in [5.74, 6) is -2.35. The van der Waals surface area contributed by atoms with Crippen LogP contribution in [-0.2, 0) is 9.59 Å². The van der Waals surface area contributed by atoms with Crippen LogP contribution in [0.3, 0.4) is 0 Å². The lowest BCUT2D eigenvalue weighted by atomic mass is 9.95. The first-order valence-corrected chi connectivity index (χ1v) is 9.17. The zero-order valence-electron chi connectivity index (χ0n) is 16.6. The summed E-state index contributed by atoms with van der Waals surface area (Å²) in [4.78, 5) is 29.0. The van der Waals surface area contributed by atoms with Crippen LogP contribution in [0.4, 0.5) is 4.39 Å². The number of likely N-dealkylation sites (tertiary alicyclic amines) is 1. The molecule has 3 rings (SSSR count). The van der Waals surface area contributed by atoms with Crippen LogP contribution in [0.15, 0.2) is 54.1 Å². The van der Waals surface area contributed by atoms with Gasteiger partial charge in [0.2, 0.25) is 0 Å². The zero-order valence-corrected chi connectivity index (χ0v) is 16.6. The molecule has 0 aromatic heterocycles. The fourth-order valence-corrected chi connectivity index (χ4v) is 3.41. The molecule has 1 fully saturated rings. The van der Waals surface area contributed by atoms with Crippen molar-refractivity contribution in [1.29, 1.82) is 0 Å². The number of carbonyl (C=O) groups is 2. The van der Waals surface area contributed by atoms with E-state index in [1.54, 1.807) is 24.3 Å². The second kappa shape index (κ2) is 8.45. The number of amides is 1. The van der Waals surface area contributed by atoms with Gasteiger partial charge in [0, 0.05) is 13.1 Å². The molecule has 0 unspecified atom stereocenters. The molecule has 1 N–H and O–H groups in total. The Morgan fingerprint density at radius 2 is 1.86 bits per heavy atom. The Morgan fingerprint density at radius 3 is 2.48 bits per heavy atom. The van der Waals surface area contributed by atoms with Crippen LogP contribution in [0.5, 0.6) is 5.75 Å². The largest absolute Gasteiger partial charge is 0.507 e. The van der Waals surface area contributed by atoms with E-state index in [9.17, 15) is 19.1 Å². The Balaban J connectivity index is 2.19. The normalized spacial score (nSPS) is 18.5. The third-order valence-corrected chi connectivity index (χ3v) is 4.86. The summed E-state index contributed by atoms with van der Waals surface area (Å²) < 4.78 is 19.1. The minimum Gasteiger partial charge on any atom is -0.507 e. The zero-order chi connectivity index (χ0) is 21.1. The van der Waals surface area contributed by atoms with E-state index in [1.165, 1.54) is 24.1 Å². The first kappa shape index (κ1) is 20.5. The molecule has 1 aliphatic heterocycles. The van der Waals surface area contributed by atoms with Gasteiger partial charge in [-0.2, -0.15) is 0 Å². The lowest BCUT2D eigenvalue weighted by Gasteiger charge is -2.26. The molecule has 2 aromatic carbocycles. The second-order valence-corrected chi connectivity index (χ2v) is 7.05. The fraction of sp³-hybridized carbons (Fsp3) is 0.273. The molecule has 0 spiro atoms. The average Bonchev–Trinajstić information content (AvgIpc) is 2.97. The summed E-state index contributed by atoms with van der Waals surface area (Å²) in [6.07, 6.45) is 0. The maximum absolute atomic E-state index is 13.9. The third kappa shape index (κ3) is 4.00. The first-order chi connectivity index (χ1) is 13.8. The summed E-state index contributed by atoms with van der Waals surface area (Å²) in [7, 11) is 5.12. The molecule has 0 radical (unpaired) electrons. The third-order valence-electron chi connectivity index (χ3n) is 4.86. The number of nitrogens with zero attached hydrogens (tertiary/aromatic N) is 2. The molecule has 1 atom stereocenters. The SMILES string of the molecule is COc1ccc(F)cc1/C(O)=C1\C(=O)C(=O)N(CCN(C)C)[C@@H]1c1ccccc1. The van der Waals surface area contributed by atoms with Gasteiger partial charge in [-0.1, -0.05) is 30.3 Å². The molecule has 0 saturated carbocycles. The van der Waals surface area contributed by atoms with Crippen LogP contribution >= 0.6 is 0 Å². The minimum atomic E-state index is -0.804. The summed E-state index contributed by atoms with van der Waals surface area (Å²) in [6.45, 7) is 0.841. The highest BCUT2D eigenvalue weighted by molar-refractivity contribution is 6.46. The van der Waals surface area contributed by atoms with Gasteiger partial charge in [-0.25, -0.2) is 4.39 Å². The Labute approximate surface area is 168 Å². The van der Waals surface area contributed by atoms with Crippen molar-refractivity contribution in [3.05, 3.63) is 71.0 Å². The number of Topliss-reactive ketones (excluding diaryl/α,β-unsaturated/α-hetero) is 1. The lowest BCUT2D eigenvalue weighted by Crippen LogP contribution is -2.35. The first-order valence-electron chi connectivity index (χ1n) is 9.17. The molecule has 7 heteroatoms. The van der Waals surface area contributed by atoms with Crippen LogP contribution in [0.1, 0.15) is 17.2 Å². The van der Waals surface area contributed by atoms with E-state index in [1.807, 2.05) is 25.1 Å². The van der Waals surface area contributed by atoms with E-state index >= 15 is 0 Å². The maximum Gasteiger partial charge on any atom is 0.295 e. The van der Waals surface area contributed by atoms with Gasteiger partial charge >= 0.3 is 0 Å². The number of aliphatic hydroxyl groups excluding tert-OH is 1. The molecule has 29 heavy (non-hydrogen) atoms. The van der Waals surface area contributed by atoms with E-state index in [2.05, 4.69) is 0 Å². The van der Waals surface area contributed by atoms with Gasteiger partial charge in [0.25, 0.3) is 11.7 Å². The van der Waals surface area contributed by atoms with Crippen molar-refractivity contribution < 1.29 is 23.8 Å². The van der Waals surface area contributed by atoms with E-state index < -0.39 is 29.3 Å². The molecule has 152 valence electrons. The number of hydrogen-bond donors (Lipinski definition) is 1. The number of ether oxygens (including phenoxy) is 1. The van der Waals surface area contributed by atoms with Gasteiger partial charge in [-0.05, 0) is 37.9 Å². The highest BCUT2D eigenvalue weighted by Crippen LogP contribution is 2.40. The van der Waals surface area contributed by atoms with E-state index in [4.69, 9.17) is 4.74 Å². The number of rotatable bonds is 6. The average molecular weight is 398 g/mol. The van der Waals surface area contributed by atoms with Crippen molar-refractivity contribution in [1.82, 2.24) is 9.80 Å². The number of carbonyl (C=O) groups excluding carboxylic acids is 2. The smallest absolute Gasteiger partial charge is 0.295 e. The van der Waals surface area contributed by atoms with Crippen molar-refractivity contribution in [2.75, 3.05) is 34.3 Å². The molecular formula is C22H23FN2O4.